The summed E-state index contributed by atoms with van der Waals surface area (Å²) >= 11 is 2.86. The summed E-state index contributed by atoms with van der Waals surface area (Å²) in [5.41, 5.74) is 0. The van der Waals surface area contributed by atoms with Gasteiger partial charge in [0.1, 0.15) is 5.03 Å². The van der Waals surface area contributed by atoms with Crippen LogP contribution in [0.25, 0.3) is 4.72 Å². The number of carbonyl (C=O) groups is 1. The van der Waals surface area contributed by atoms with E-state index in [2.05, 4.69) is 11.3 Å². The van der Waals surface area contributed by atoms with Crippen molar-refractivity contribution in [2.24, 2.45) is 0 Å². The largest absolute Gasteiger partial charge is 0.789 e. The molecule has 0 aromatic rings. The van der Waals surface area contributed by atoms with Gasteiger partial charge in [-0.1, -0.05) is 37.9 Å². The Morgan fingerprint density at radius 3 is 2.75 bits per heavy atom. The molecule has 94 valence electrons. The molecule has 5 nitrogen and oxygen atoms in total. The Kier molecular flexibility index (Phi) is 8.46. The number of nitrogens with zero attached hydrogens (tertiary/aromatic N) is 1. The molecule has 0 rings (SSSR count). The van der Waals surface area contributed by atoms with E-state index in [0.29, 0.717) is 6.42 Å². The van der Waals surface area contributed by atoms with Crippen molar-refractivity contribution in [3.05, 3.63) is 16.3 Å². The Balaban J connectivity index is 4.13. The second-order valence-electron chi connectivity index (χ2n) is 3.10. The molecule has 2 unspecified atom stereocenters. The zero-order chi connectivity index (χ0) is 12.6. The summed E-state index contributed by atoms with van der Waals surface area (Å²) in [4.78, 5) is 11.1. The number of hydrogen-bond donors (Lipinski definition) is 0. The smallest absolute Gasteiger partial charge is 0.349 e. The van der Waals surface area contributed by atoms with Crippen molar-refractivity contribution in [1.29, 1.82) is 0 Å². The van der Waals surface area contributed by atoms with Crippen molar-refractivity contribution in [1.82, 2.24) is 0 Å². The third kappa shape index (κ3) is 7.81. The van der Waals surface area contributed by atoms with Gasteiger partial charge in [-0.2, -0.15) is 11.3 Å². The van der Waals surface area contributed by atoms with Gasteiger partial charge >= 0.3 is 5.97 Å². The highest BCUT2D eigenvalue weighted by Crippen LogP contribution is 2.12. The molecule has 0 fully saturated rings. The van der Waals surface area contributed by atoms with E-state index >= 15 is 0 Å². The quantitative estimate of drug-likeness (QED) is 0.383. The topological polar surface area (TPSA) is 80.5 Å². The Labute approximate surface area is 103 Å². The molecule has 0 heterocycles. The Morgan fingerprint density at radius 1 is 1.69 bits per heavy atom. The summed E-state index contributed by atoms with van der Waals surface area (Å²) in [7, 11) is 0. The van der Waals surface area contributed by atoms with Crippen LogP contribution in [0.15, 0.2) is 11.6 Å². The normalized spacial score (nSPS) is 14.2. The summed E-state index contributed by atoms with van der Waals surface area (Å²) in [6.07, 6.45) is 1.71. The maximum atomic E-state index is 11.1. The van der Waals surface area contributed by atoms with Crippen molar-refractivity contribution >= 4 is 28.8 Å². The van der Waals surface area contributed by atoms with Gasteiger partial charge in [0, 0.05) is 0 Å². The number of carbonyl (C=O) groups excluding carboxylic acids is 1. The van der Waals surface area contributed by atoms with Gasteiger partial charge in [-0.05, 0) is 6.42 Å². The monoisotopic (exact) mass is 267 g/mol. The summed E-state index contributed by atoms with van der Waals surface area (Å²) in [6.45, 7) is 5.12. The van der Waals surface area contributed by atoms with Gasteiger partial charge in [0.15, 0.2) is 0 Å². The third-order valence-corrected chi connectivity index (χ3v) is 2.27. The molecular weight excluding hydrogens is 254 g/mol. The molecule has 0 saturated heterocycles. The van der Waals surface area contributed by atoms with E-state index < -0.39 is 23.3 Å². The van der Waals surface area contributed by atoms with Crippen molar-refractivity contribution in [3.8, 4) is 0 Å². The number of hydrogen-bond acceptors (Lipinski definition) is 4. The minimum Gasteiger partial charge on any atom is -0.789 e. The fourth-order valence-corrected chi connectivity index (χ4v) is 1.31. The van der Waals surface area contributed by atoms with Crippen LogP contribution in [-0.2, 0) is 20.8 Å². The molecule has 0 aliphatic rings. The lowest BCUT2D eigenvalue weighted by molar-refractivity contribution is -0.143. The van der Waals surface area contributed by atoms with Gasteiger partial charge in [-0.15, -0.1) is 6.54 Å². The van der Waals surface area contributed by atoms with Gasteiger partial charge in [-0.3, -0.25) is 4.21 Å². The van der Waals surface area contributed by atoms with Crippen LogP contribution in [0.3, 0.4) is 0 Å². The van der Waals surface area contributed by atoms with E-state index in [0.717, 1.165) is 12.8 Å². The Morgan fingerprint density at radius 2 is 2.31 bits per heavy atom. The molecule has 0 aromatic heterocycles. The lowest BCUT2D eigenvalue weighted by Gasteiger charge is -2.28. The molecule has 2 atom stereocenters. The van der Waals surface area contributed by atoms with E-state index in [1.807, 2.05) is 6.92 Å². The second-order valence-corrected chi connectivity index (χ2v) is 4.25. The van der Waals surface area contributed by atoms with Gasteiger partial charge in [0.25, 0.3) is 0 Å². The zero-order valence-corrected chi connectivity index (χ0v) is 10.6. The van der Waals surface area contributed by atoms with Crippen LogP contribution in [0.2, 0.25) is 0 Å². The molecule has 7 heteroatoms. The minimum atomic E-state index is -2.49. The van der Waals surface area contributed by atoms with E-state index in [1.54, 1.807) is 0 Å². The summed E-state index contributed by atoms with van der Waals surface area (Å²) in [5.74, 6) is -0.741. The Hall–Kier alpha value is -0.430. The number of halogens is 1. The van der Waals surface area contributed by atoms with Crippen LogP contribution >= 0.6 is 11.6 Å². The fourth-order valence-electron chi connectivity index (χ4n) is 0.979. The summed E-state index contributed by atoms with van der Waals surface area (Å²) in [6, 6.07) is 0. The number of rotatable bonds is 8. The highest BCUT2D eigenvalue weighted by molar-refractivity contribution is 7.81. The predicted molar refractivity (Wildman–Crippen MR) is 61.5 cm³/mol. The molecule has 0 aliphatic heterocycles. The molecule has 0 radical (unpaired) electrons. The highest BCUT2D eigenvalue weighted by Gasteiger charge is 2.12. The maximum Gasteiger partial charge on any atom is 0.349 e. The molecule has 0 bridgehead atoms. The predicted octanol–water partition coefficient (Wildman–Crippen LogP) is 2.01. The van der Waals surface area contributed by atoms with Crippen LogP contribution in [0.5, 0.6) is 0 Å². The van der Waals surface area contributed by atoms with Crippen LogP contribution < -0.4 is 0 Å². The first-order chi connectivity index (χ1) is 7.47. The molecule has 0 amide bonds. The fraction of sp³-hybridized carbons (Fsp3) is 0.667. The lowest BCUT2D eigenvalue weighted by atomic mass is 10.1. The van der Waals surface area contributed by atoms with E-state index in [9.17, 15) is 13.6 Å². The van der Waals surface area contributed by atoms with Crippen LogP contribution in [0.4, 0.5) is 0 Å². The van der Waals surface area contributed by atoms with Crippen LogP contribution in [-0.4, -0.2) is 27.4 Å². The van der Waals surface area contributed by atoms with Gasteiger partial charge in [0.2, 0.25) is 0 Å². The average Bonchev–Trinajstić information content (AvgIpc) is 2.21. The maximum absolute atomic E-state index is 11.1. The summed E-state index contributed by atoms with van der Waals surface area (Å²) in [5, 5.41) is -0.232. The minimum absolute atomic E-state index is 0.0774. The Bertz CT molecular complexity index is 272. The number of unbranched alkanes of at least 4 members (excludes halogenated alkanes) is 1. The van der Waals surface area contributed by atoms with E-state index in [4.69, 9.17) is 16.3 Å². The molecule has 0 aromatic carbocycles. The van der Waals surface area contributed by atoms with Crippen molar-refractivity contribution in [3.63, 3.8) is 0 Å². The number of esters is 1. The van der Waals surface area contributed by atoms with Crippen molar-refractivity contribution < 1.29 is 18.3 Å². The first kappa shape index (κ1) is 15.6. The summed E-state index contributed by atoms with van der Waals surface area (Å²) < 4.78 is 28.7. The van der Waals surface area contributed by atoms with Crippen molar-refractivity contribution in [2.75, 3.05) is 6.54 Å². The molecular formula is C9H14ClNO4S-2. The average molecular weight is 268 g/mol. The van der Waals surface area contributed by atoms with E-state index in [-0.39, 0.29) is 11.6 Å². The van der Waals surface area contributed by atoms with Crippen LogP contribution in [0, 0.1) is 0 Å². The van der Waals surface area contributed by atoms with Crippen molar-refractivity contribution in [2.45, 2.75) is 32.3 Å². The molecule has 0 aliphatic carbocycles. The molecule has 16 heavy (non-hydrogen) atoms. The lowest BCUT2D eigenvalue weighted by Crippen LogP contribution is -2.22. The second kappa shape index (κ2) is 8.69. The van der Waals surface area contributed by atoms with Gasteiger partial charge in [-0.25, -0.2) is 4.79 Å². The molecule has 0 saturated carbocycles. The SMILES string of the molecule is C=C(Cl)C(=O)OC(CCCC)C[N-]S(=O)[O-]. The first-order valence-electron chi connectivity index (χ1n) is 4.79. The first-order valence-corrected chi connectivity index (χ1v) is 6.20. The number of ether oxygens (including phenoxy) is 1. The molecule has 0 N–H and O–H groups in total. The van der Waals surface area contributed by atoms with Gasteiger partial charge in [0.05, 0.1) is 6.10 Å². The van der Waals surface area contributed by atoms with Gasteiger partial charge < -0.3 is 14.0 Å². The standard InChI is InChI=1S/C9H15ClNO4S/c1-3-4-5-8(6-11-16(13)14)15-9(12)7(2)10/h8H,2-6H2,1H3,(H,13,14)/q-1/p-1. The molecule has 0 spiro atoms. The highest BCUT2D eigenvalue weighted by atomic mass is 35.5. The van der Waals surface area contributed by atoms with E-state index in [1.165, 1.54) is 0 Å². The van der Waals surface area contributed by atoms with Crippen LogP contribution in [0.1, 0.15) is 26.2 Å². The zero-order valence-electron chi connectivity index (χ0n) is 8.98. The third-order valence-electron chi connectivity index (χ3n) is 1.76.